The minimum Gasteiger partial charge on any atom is -0.497 e. The van der Waals surface area contributed by atoms with E-state index in [0.29, 0.717) is 5.78 Å². The largest absolute Gasteiger partial charge is 0.497 e. The summed E-state index contributed by atoms with van der Waals surface area (Å²) in [6.07, 6.45) is 4.13. The Morgan fingerprint density at radius 3 is 2.41 bits per heavy atom. The van der Waals surface area contributed by atoms with E-state index < -0.39 is 0 Å². The van der Waals surface area contributed by atoms with Crippen LogP contribution in [-0.2, 0) is 0 Å². The topological polar surface area (TPSA) is 39.4 Å². The molecule has 0 amide bonds. The normalized spacial score (nSPS) is 11.1. The van der Waals surface area contributed by atoms with E-state index in [1.807, 2.05) is 31.3 Å². The molecule has 27 heavy (non-hydrogen) atoms. The van der Waals surface area contributed by atoms with E-state index in [1.54, 1.807) is 18.9 Å². The lowest BCUT2D eigenvalue weighted by atomic mass is 10.0. The van der Waals surface area contributed by atoms with Crippen LogP contribution in [-0.4, -0.2) is 27.7 Å². The maximum atomic E-state index is 5.36. The summed E-state index contributed by atoms with van der Waals surface area (Å²) in [5, 5.41) is 0. The summed E-state index contributed by atoms with van der Waals surface area (Å²) in [6.45, 7) is 4.07. The zero-order valence-electron chi connectivity index (χ0n) is 15.9. The van der Waals surface area contributed by atoms with Crippen molar-refractivity contribution in [3.05, 3.63) is 66.0 Å². The fourth-order valence-corrected chi connectivity index (χ4v) is 3.67. The van der Waals surface area contributed by atoms with Gasteiger partial charge in [0, 0.05) is 27.9 Å². The SMILES string of the molecule is COc1ccc(-c2nc3nc(C)ccn3c2-c2ccc(SC)cc2)c(C)c1. The van der Waals surface area contributed by atoms with Gasteiger partial charge in [-0.25, -0.2) is 9.97 Å². The molecule has 0 aliphatic rings. The van der Waals surface area contributed by atoms with Crippen molar-refractivity contribution in [2.75, 3.05) is 13.4 Å². The maximum Gasteiger partial charge on any atom is 0.235 e. The quantitative estimate of drug-likeness (QED) is 0.447. The van der Waals surface area contributed by atoms with Gasteiger partial charge in [0.2, 0.25) is 5.78 Å². The molecule has 4 rings (SSSR count). The number of benzene rings is 2. The lowest BCUT2D eigenvalue weighted by Gasteiger charge is -2.10. The zero-order valence-corrected chi connectivity index (χ0v) is 16.7. The number of fused-ring (bicyclic) bond motifs is 1. The molecule has 0 radical (unpaired) electrons. The summed E-state index contributed by atoms with van der Waals surface area (Å²) in [5.41, 5.74) is 6.27. The number of nitrogens with zero attached hydrogens (tertiary/aromatic N) is 3. The van der Waals surface area contributed by atoms with Crippen LogP contribution in [0.3, 0.4) is 0 Å². The van der Waals surface area contributed by atoms with Gasteiger partial charge in [0.15, 0.2) is 0 Å². The van der Waals surface area contributed by atoms with E-state index in [2.05, 4.69) is 52.9 Å². The molecule has 0 aliphatic carbocycles. The molecule has 0 spiro atoms. The predicted octanol–water partition coefficient (Wildman–Crippen LogP) is 5.41. The molecule has 0 bridgehead atoms. The molecular weight excluding hydrogens is 354 g/mol. The van der Waals surface area contributed by atoms with Crippen molar-refractivity contribution < 1.29 is 4.74 Å². The zero-order chi connectivity index (χ0) is 19.0. The van der Waals surface area contributed by atoms with Crippen molar-refractivity contribution >= 4 is 17.5 Å². The van der Waals surface area contributed by atoms with Gasteiger partial charge < -0.3 is 4.74 Å². The van der Waals surface area contributed by atoms with Crippen molar-refractivity contribution in [1.29, 1.82) is 0 Å². The average molecular weight is 375 g/mol. The van der Waals surface area contributed by atoms with Gasteiger partial charge in [-0.15, -0.1) is 11.8 Å². The van der Waals surface area contributed by atoms with Crippen molar-refractivity contribution in [1.82, 2.24) is 14.4 Å². The van der Waals surface area contributed by atoms with E-state index in [9.17, 15) is 0 Å². The third-order valence-electron chi connectivity index (χ3n) is 4.69. The van der Waals surface area contributed by atoms with E-state index in [1.165, 1.54) is 4.90 Å². The van der Waals surface area contributed by atoms with E-state index in [0.717, 1.165) is 39.5 Å². The number of aryl methyl sites for hydroxylation is 2. The Morgan fingerprint density at radius 1 is 0.963 bits per heavy atom. The van der Waals surface area contributed by atoms with Gasteiger partial charge in [0.05, 0.1) is 18.5 Å². The molecule has 2 aromatic heterocycles. The summed E-state index contributed by atoms with van der Waals surface area (Å²) < 4.78 is 7.43. The Hall–Kier alpha value is -2.79. The van der Waals surface area contributed by atoms with Crippen molar-refractivity contribution in [3.8, 4) is 28.3 Å². The minimum absolute atomic E-state index is 0.712. The second kappa shape index (κ2) is 7.08. The highest BCUT2D eigenvalue weighted by atomic mass is 32.2. The standard InChI is InChI=1S/C22H21N3OS/c1-14-13-17(26-3)7-10-19(14)20-21(16-5-8-18(27-4)9-6-16)25-12-11-15(2)23-22(25)24-20/h5-13H,1-4H3. The highest BCUT2D eigenvalue weighted by Gasteiger charge is 2.18. The molecule has 0 unspecified atom stereocenters. The number of thioether (sulfide) groups is 1. The number of imidazole rings is 1. The Bertz CT molecular complexity index is 1120. The van der Waals surface area contributed by atoms with Gasteiger partial charge in [-0.2, -0.15) is 0 Å². The second-order valence-corrected chi connectivity index (χ2v) is 7.34. The molecule has 136 valence electrons. The molecule has 0 aliphatic heterocycles. The van der Waals surface area contributed by atoms with E-state index >= 15 is 0 Å². The highest BCUT2D eigenvalue weighted by molar-refractivity contribution is 7.98. The maximum absolute atomic E-state index is 5.36. The molecule has 4 nitrogen and oxygen atoms in total. The Kier molecular flexibility index (Phi) is 4.62. The lowest BCUT2D eigenvalue weighted by molar-refractivity contribution is 0.414. The average Bonchev–Trinajstić information content (AvgIpc) is 3.05. The first-order valence-electron chi connectivity index (χ1n) is 8.76. The Labute approximate surface area is 163 Å². The number of hydrogen-bond donors (Lipinski definition) is 0. The molecule has 0 saturated carbocycles. The van der Waals surface area contributed by atoms with Gasteiger partial charge in [-0.1, -0.05) is 12.1 Å². The van der Waals surface area contributed by atoms with Crippen LogP contribution in [0, 0.1) is 13.8 Å². The van der Waals surface area contributed by atoms with Crippen LogP contribution in [0.1, 0.15) is 11.3 Å². The first-order chi connectivity index (χ1) is 13.1. The molecule has 2 aromatic carbocycles. The Morgan fingerprint density at radius 2 is 1.74 bits per heavy atom. The van der Waals surface area contributed by atoms with Crippen LogP contribution in [0.15, 0.2) is 59.6 Å². The van der Waals surface area contributed by atoms with Gasteiger partial charge in [-0.05, 0) is 62.1 Å². The molecule has 0 N–H and O–H groups in total. The fraction of sp³-hybridized carbons (Fsp3) is 0.182. The Balaban J connectivity index is 1.99. The van der Waals surface area contributed by atoms with E-state index in [4.69, 9.17) is 9.72 Å². The highest BCUT2D eigenvalue weighted by Crippen LogP contribution is 2.35. The first-order valence-corrected chi connectivity index (χ1v) is 9.98. The third-order valence-corrected chi connectivity index (χ3v) is 5.43. The number of aromatic nitrogens is 3. The van der Waals surface area contributed by atoms with Crippen molar-refractivity contribution in [2.45, 2.75) is 18.7 Å². The van der Waals surface area contributed by atoms with Crippen LogP contribution in [0.5, 0.6) is 5.75 Å². The van der Waals surface area contributed by atoms with Gasteiger partial charge in [-0.3, -0.25) is 4.40 Å². The summed E-state index contributed by atoms with van der Waals surface area (Å²) in [5.74, 6) is 1.56. The number of methoxy groups -OCH3 is 1. The minimum atomic E-state index is 0.712. The number of rotatable bonds is 4. The third kappa shape index (κ3) is 3.19. The van der Waals surface area contributed by atoms with Crippen LogP contribution >= 0.6 is 11.8 Å². The molecule has 5 heteroatoms. The van der Waals surface area contributed by atoms with Gasteiger partial charge >= 0.3 is 0 Å². The summed E-state index contributed by atoms with van der Waals surface area (Å²) >= 11 is 1.74. The molecule has 0 atom stereocenters. The fourth-order valence-electron chi connectivity index (χ4n) is 3.26. The van der Waals surface area contributed by atoms with Crippen LogP contribution in [0.4, 0.5) is 0 Å². The van der Waals surface area contributed by atoms with Gasteiger partial charge in [0.25, 0.3) is 0 Å². The summed E-state index contributed by atoms with van der Waals surface area (Å²) in [7, 11) is 1.69. The molecule has 2 heterocycles. The molecule has 0 saturated heterocycles. The van der Waals surface area contributed by atoms with Crippen LogP contribution in [0.2, 0.25) is 0 Å². The van der Waals surface area contributed by atoms with Crippen LogP contribution < -0.4 is 4.74 Å². The van der Waals surface area contributed by atoms with E-state index in [-0.39, 0.29) is 0 Å². The summed E-state index contributed by atoms with van der Waals surface area (Å²) in [4.78, 5) is 10.8. The first kappa shape index (κ1) is 17.6. The second-order valence-electron chi connectivity index (χ2n) is 6.46. The monoisotopic (exact) mass is 375 g/mol. The number of hydrogen-bond acceptors (Lipinski definition) is 4. The predicted molar refractivity (Wildman–Crippen MR) is 112 cm³/mol. The lowest BCUT2D eigenvalue weighted by Crippen LogP contribution is -1.93. The van der Waals surface area contributed by atoms with Crippen molar-refractivity contribution in [3.63, 3.8) is 0 Å². The molecular formula is C22H21N3OS. The van der Waals surface area contributed by atoms with Crippen molar-refractivity contribution in [2.24, 2.45) is 0 Å². The van der Waals surface area contributed by atoms with Crippen LogP contribution in [0.25, 0.3) is 28.3 Å². The number of ether oxygens (including phenoxy) is 1. The molecule has 4 aromatic rings. The van der Waals surface area contributed by atoms with Gasteiger partial charge in [0.1, 0.15) is 5.75 Å². The smallest absolute Gasteiger partial charge is 0.235 e. The summed E-state index contributed by atoms with van der Waals surface area (Å²) in [6, 6.07) is 16.7. The molecule has 0 fully saturated rings.